The van der Waals surface area contributed by atoms with Gasteiger partial charge in [-0.25, -0.2) is 13.2 Å². The first-order valence-electron chi connectivity index (χ1n) is 6.44. The van der Waals surface area contributed by atoms with Gasteiger partial charge in [-0.05, 0) is 31.4 Å². The minimum Gasteiger partial charge on any atom is -0.480 e. The van der Waals surface area contributed by atoms with Crippen molar-refractivity contribution in [2.24, 2.45) is 0 Å². The number of aliphatic carboxylic acids is 1. The summed E-state index contributed by atoms with van der Waals surface area (Å²) >= 11 is 1.32. The van der Waals surface area contributed by atoms with Gasteiger partial charge in [-0.2, -0.15) is 0 Å². The highest BCUT2D eigenvalue weighted by atomic mass is 32.2. The van der Waals surface area contributed by atoms with Gasteiger partial charge in [0.1, 0.15) is 15.9 Å². The van der Waals surface area contributed by atoms with E-state index in [-0.39, 0.29) is 12.2 Å². The van der Waals surface area contributed by atoms with Crippen LogP contribution >= 0.6 is 11.3 Å². The fourth-order valence-corrected chi connectivity index (χ4v) is 3.48. The van der Waals surface area contributed by atoms with Gasteiger partial charge < -0.3 is 10.4 Å². The van der Waals surface area contributed by atoms with E-state index in [2.05, 4.69) is 5.32 Å². The summed E-state index contributed by atoms with van der Waals surface area (Å²) < 4.78 is 22.2. The van der Waals surface area contributed by atoms with Crippen molar-refractivity contribution >= 4 is 33.1 Å². The summed E-state index contributed by atoms with van der Waals surface area (Å²) in [6, 6.07) is 0.508. The van der Waals surface area contributed by atoms with E-state index in [0.29, 0.717) is 4.88 Å². The number of carbonyl (C=O) groups excluding carboxylic acids is 1. The number of amides is 1. The topological polar surface area (TPSA) is 101 Å². The second-order valence-electron chi connectivity index (χ2n) is 4.85. The molecule has 1 aromatic heterocycles. The maximum absolute atomic E-state index is 12.1. The highest BCUT2D eigenvalue weighted by molar-refractivity contribution is 7.90. The molecule has 1 rings (SSSR count). The van der Waals surface area contributed by atoms with Crippen molar-refractivity contribution < 1.29 is 23.1 Å². The molecular formula is C13H19NO5S2. The molecule has 0 radical (unpaired) electrons. The average molecular weight is 333 g/mol. The van der Waals surface area contributed by atoms with Crippen molar-refractivity contribution in [3.05, 3.63) is 21.4 Å². The first-order valence-corrected chi connectivity index (χ1v) is 9.32. The highest BCUT2D eigenvalue weighted by Crippen LogP contribution is 2.22. The number of carboxylic acids is 1. The predicted molar refractivity (Wildman–Crippen MR) is 81.7 cm³/mol. The molecule has 0 spiro atoms. The lowest BCUT2D eigenvalue weighted by atomic mass is 10.2. The third-order valence-corrected chi connectivity index (χ3v) is 5.30. The van der Waals surface area contributed by atoms with Crippen LogP contribution in [-0.4, -0.2) is 43.5 Å². The van der Waals surface area contributed by atoms with Gasteiger partial charge in [-0.15, -0.1) is 11.3 Å². The summed E-state index contributed by atoms with van der Waals surface area (Å²) in [6.07, 6.45) is 1.69. The summed E-state index contributed by atoms with van der Waals surface area (Å²) in [6.45, 7) is 3.87. The van der Waals surface area contributed by atoms with Gasteiger partial charge in [0.2, 0.25) is 0 Å². The molecule has 0 fully saturated rings. The van der Waals surface area contributed by atoms with Gasteiger partial charge in [-0.1, -0.05) is 6.92 Å². The smallest absolute Gasteiger partial charge is 0.326 e. The van der Waals surface area contributed by atoms with Gasteiger partial charge in [0, 0.05) is 11.1 Å². The van der Waals surface area contributed by atoms with Crippen LogP contribution in [0.25, 0.3) is 0 Å². The zero-order valence-corrected chi connectivity index (χ0v) is 13.8. The van der Waals surface area contributed by atoms with Crippen molar-refractivity contribution in [2.45, 2.75) is 32.7 Å². The first-order chi connectivity index (χ1) is 9.64. The standard InChI is InChI=1S/C13H19NO5S2/c1-4-10-8(2)7-11(20-10)12(15)14-9(13(16)17)5-6-21(3,18)19/h7,9H,4-6H2,1-3H3,(H,14,15)(H,16,17). The van der Waals surface area contributed by atoms with E-state index in [9.17, 15) is 18.0 Å². The number of nitrogens with one attached hydrogen (secondary N) is 1. The van der Waals surface area contributed by atoms with Crippen LogP contribution in [0.3, 0.4) is 0 Å². The maximum Gasteiger partial charge on any atom is 0.326 e. The molecule has 21 heavy (non-hydrogen) atoms. The molecule has 1 amide bonds. The van der Waals surface area contributed by atoms with E-state index in [1.54, 1.807) is 6.07 Å². The van der Waals surface area contributed by atoms with Crippen molar-refractivity contribution in [3.8, 4) is 0 Å². The summed E-state index contributed by atoms with van der Waals surface area (Å²) in [5.41, 5.74) is 0.996. The first kappa shape index (κ1) is 17.6. The molecule has 1 aromatic rings. The molecular weight excluding hydrogens is 314 g/mol. The maximum atomic E-state index is 12.1. The monoisotopic (exact) mass is 333 g/mol. The molecule has 118 valence electrons. The Morgan fingerprint density at radius 1 is 1.43 bits per heavy atom. The Balaban J connectivity index is 2.78. The zero-order chi connectivity index (χ0) is 16.2. The Labute approximate surface area is 128 Å². The number of sulfone groups is 1. The van der Waals surface area contributed by atoms with Gasteiger partial charge >= 0.3 is 5.97 Å². The zero-order valence-electron chi connectivity index (χ0n) is 12.2. The summed E-state index contributed by atoms with van der Waals surface area (Å²) in [4.78, 5) is 24.7. The molecule has 8 heteroatoms. The summed E-state index contributed by atoms with van der Waals surface area (Å²) in [7, 11) is -3.27. The number of hydrogen-bond acceptors (Lipinski definition) is 5. The Morgan fingerprint density at radius 3 is 2.48 bits per heavy atom. The van der Waals surface area contributed by atoms with E-state index < -0.39 is 27.8 Å². The van der Waals surface area contributed by atoms with Crippen LogP contribution in [0.5, 0.6) is 0 Å². The molecule has 1 unspecified atom stereocenters. The lowest BCUT2D eigenvalue weighted by Crippen LogP contribution is -2.41. The second-order valence-corrected chi connectivity index (χ2v) is 8.25. The molecule has 0 aliphatic carbocycles. The third-order valence-electron chi connectivity index (χ3n) is 2.95. The molecule has 0 aromatic carbocycles. The largest absolute Gasteiger partial charge is 0.480 e. The Morgan fingerprint density at radius 2 is 2.05 bits per heavy atom. The van der Waals surface area contributed by atoms with E-state index >= 15 is 0 Å². The van der Waals surface area contributed by atoms with Gasteiger partial charge in [0.15, 0.2) is 0 Å². The number of rotatable bonds is 7. The molecule has 6 nitrogen and oxygen atoms in total. The van der Waals surface area contributed by atoms with Crippen molar-refractivity contribution in [1.29, 1.82) is 0 Å². The Hall–Kier alpha value is -1.41. The number of carbonyl (C=O) groups is 2. The van der Waals surface area contributed by atoms with Crippen LogP contribution in [0.2, 0.25) is 0 Å². The van der Waals surface area contributed by atoms with E-state index in [0.717, 1.165) is 23.1 Å². The van der Waals surface area contributed by atoms with Crippen LogP contribution in [0.4, 0.5) is 0 Å². The molecule has 0 saturated carbocycles. The van der Waals surface area contributed by atoms with Crippen LogP contribution < -0.4 is 5.32 Å². The summed E-state index contributed by atoms with van der Waals surface area (Å²) in [5, 5.41) is 11.4. The third kappa shape index (κ3) is 5.47. The van der Waals surface area contributed by atoms with E-state index in [4.69, 9.17) is 5.11 Å². The molecule has 0 bridgehead atoms. The Bertz CT molecular complexity index is 633. The number of carboxylic acid groups (broad SMARTS) is 1. The Kier molecular flexibility index (Phi) is 5.91. The van der Waals surface area contributed by atoms with Crippen LogP contribution in [0.15, 0.2) is 6.07 Å². The number of thiophene rings is 1. The van der Waals surface area contributed by atoms with Crippen LogP contribution in [-0.2, 0) is 21.1 Å². The fourth-order valence-electron chi connectivity index (χ4n) is 1.80. The van der Waals surface area contributed by atoms with Gasteiger partial charge in [-0.3, -0.25) is 4.79 Å². The van der Waals surface area contributed by atoms with E-state index in [1.165, 1.54) is 11.3 Å². The molecule has 1 atom stereocenters. The van der Waals surface area contributed by atoms with Crippen LogP contribution in [0.1, 0.15) is 33.5 Å². The second kappa shape index (κ2) is 7.04. The molecule has 1 heterocycles. The molecule has 0 aliphatic rings. The number of aryl methyl sites for hydroxylation is 2. The quantitative estimate of drug-likeness (QED) is 0.782. The minimum absolute atomic E-state index is 0.148. The van der Waals surface area contributed by atoms with Crippen molar-refractivity contribution in [2.75, 3.05) is 12.0 Å². The lowest BCUT2D eigenvalue weighted by Gasteiger charge is -2.13. The van der Waals surface area contributed by atoms with Gasteiger partial charge in [0.05, 0.1) is 10.6 Å². The molecule has 2 N–H and O–H groups in total. The predicted octanol–water partition coefficient (Wildman–Crippen LogP) is 1.24. The lowest BCUT2D eigenvalue weighted by molar-refractivity contribution is -0.139. The molecule has 0 aliphatic heterocycles. The van der Waals surface area contributed by atoms with Crippen molar-refractivity contribution in [3.63, 3.8) is 0 Å². The SMILES string of the molecule is CCc1sc(C(=O)NC(CCS(C)(=O)=O)C(=O)O)cc1C. The summed E-state index contributed by atoms with van der Waals surface area (Å²) in [5.74, 6) is -2.01. The van der Waals surface area contributed by atoms with Crippen molar-refractivity contribution in [1.82, 2.24) is 5.32 Å². The highest BCUT2D eigenvalue weighted by Gasteiger charge is 2.23. The molecule has 0 saturated heterocycles. The average Bonchev–Trinajstić information content (AvgIpc) is 2.74. The number of hydrogen-bond donors (Lipinski definition) is 2. The van der Waals surface area contributed by atoms with Gasteiger partial charge in [0.25, 0.3) is 5.91 Å². The normalized spacial score (nSPS) is 12.9. The van der Waals surface area contributed by atoms with Crippen LogP contribution in [0, 0.1) is 6.92 Å². The van der Waals surface area contributed by atoms with E-state index in [1.807, 2.05) is 13.8 Å². The minimum atomic E-state index is -3.27. The fraction of sp³-hybridized carbons (Fsp3) is 0.538.